The molecule has 0 aliphatic carbocycles. The van der Waals surface area contributed by atoms with E-state index in [1.807, 2.05) is 31.2 Å². The highest BCUT2D eigenvalue weighted by Crippen LogP contribution is 2.20. The first-order valence-electron chi connectivity index (χ1n) is 9.08. The average molecular weight is 386 g/mol. The lowest BCUT2D eigenvalue weighted by Crippen LogP contribution is -2.31. The van der Waals surface area contributed by atoms with Gasteiger partial charge in [-0.3, -0.25) is 4.79 Å². The predicted molar refractivity (Wildman–Crippen MR) is 104 cm³/mol. The van der Waals surface area contributed by atoms with Gasteiger partial charge in [-0.15, -0.1) is 0 Å². The number of carbonyl (C=O) groups excluding carboxylic acids is 3. The molecule has 1 N–H and O–H groups in total. The van der Waals surface area contributed by atoms with Crippen molar-refractivity contribution in [2.24, 2.45) is 0 Å². The van der Waals surface area contributed by atoms with Gasteiger partial charge < -0.3 is 19.4 Å². The second kappa shape index (κ2) is 9.21. The van der Waals surface area contributed by atoms with Gasteiger partial charge in [-0.25, -0.2) is 9.59 Å². The van der Waals surface area contributed by atoms with Crippen molar-refractivity contribution in [2.45, 2.75) is 34.2 Å². The Labute approximate surface area is 164 Å². The van der Waals surface area contributed by atoms with Crippen LogP contribution in [0.1, 0.15) is 50.2 Å². The van der Waals surface area contributed by atoms with Gasteiger partial charge in [0.1, 0.15) is 5.69 Å². The van der Waals surface area contributed by atoms with Crippen molar-refractivity contribution in [3.63, 3.8) is 0 Å². The molecule has 1 aromatic heterocycles. The minimum atomic E-state index is -0.686. The van der Waals surface area contributed by atoms with Gasteiger partial charge in [-0.2, -0.15) is 0 Å². The van der Waals surface area contributed by atoms with Crippen LogP contribution in [0.5, 0.6) is 0 Å². The summed E-state index contributed by atoms with van der Waals surface area (Å²) >= 11 is 0. The molecule has 0 saturated heterocycles. The quantitative estimate of drug-likeness (QED) is 0.739. The van der Waals surface area contributed by atoms with Crippen LogP contribution in [-0.2, 0) is 20.8 Å². The maximum atomic E-state index is 12.4. The number of nitrogens with one attached hydrogen (secondary N) is 1. The summed E-state index contributed by atoms with van der Waals surface area (Å²) in [6.07, 6.45) is 0. The first kappa shape index (κ1) is 21.2. The van der Waals surface area contributed by atoms with E-state index in [0.717, 1.165) is 11.1 Å². The number of nitrogens with zero attached hydrogens (tertiary/aromatic N) is 1. The van der Waals surface area contributed by atoms with E-state index in [0.29, 0.717) is 23.4 Å². The van der Waals surface area contributed by atoms with Crippen molar-refractivity contribution < 1.29 is 23.9 Å². The normalized spacial score (nSPS) is 10.5. The van der Waals surface area contributed by atoms with Crippen molar-refractivity contribution in [2.75, 3.05) is 20.3 Å². The zero-order valence-electron chi connectivity index (χ0n) is 16.9. The number of amides is 1. The molecule has 0 aliphatic heterocycles. The van der Waals surface area contributed by atoms with Gasteiger partial charge in [0.15, 0.2) is 6.61 Å². The number of aryl methyl sites for hydroxylation is 2. The predicted octanol–water partition coefficient (Wildman–Crippen LogP) is 2.93. The smallest absolute Gasteiger partial charge is 0.355 e. The molecule has 0 unspecified atom stereocenters. The van der Waals surface area contributed by atoms with E-state index in [2.05, 4.69) is 4.98 Å². The molecule has 0 atom stereocenters. The fraction of sp³-hybridized carbons (Fsp3) is 0.381. The molecule has 0 spiro atoms. The molecule has 1 amide bonds. The van der Waals surface area contributed by atoms with Gasteiger partial charge in [0.25, 0.3) is 5.91 Å². The monoisotopic (exact) mass is 386 g/mol. The van der Waals surface area contributed by atoms with Crippen LogP contribution in [0.25, 0.3) is 0 Å². The highest BCUT2D eigenvalue weighted by molar-refractivity contribution is 5.99. The van der Waals surface area contributed by atoms with Crippen molar-refractivity contribution in [1.82, 2.24) is 9.88 Å². The molecule has 2 aromatic rings. The summed E-state index contributed by atoms with van der Waals surface area (Å²) in [5.74, 6) is -1.50. The second-order valence-electron chi connectivity index (χ2n) is 6.60. The largest absolute Gasteiger partial charge is 0.462 e. The van der Waals surface area contributed by atoms with Gasteiger partial charge in [0.2, 0.25) is 0 Å². The molecular weight excluding hydrogens is 360 g/mol. The lowest BCUT2D eigenvalue weighted by Gasteiger charge is -2.18. The maximum absolute atomic E-state index is 12.4. The molecule has 0 saturated carbocycles. The highest BCUT2D eigenvalue weighted by Gasteiger charge is 2.24. The Hall–Kier alpha value is -3.09. The van der Waals surface area contributed by atoms with Gasteiger partial charge in [0, 0.05) is 19.3 Å². The maximum Gasteiger partial charge on any atom is 0.355 e. The fourth-order valence-corrected chi connectivity index (χ4v) is 2.90. The molecule has 2 rings (SSSR count). The summed E-state index contributed by atoms with van der Waals surface area (Å²) in [6, 6.07) is 7.78. The van der Waals surface area contributed by atoms with E-state index >= 15 is 0 Å². The van der Waals surface area contributed by atoms with Crippen LogP contribution in [0.2, 0.25) is 0 Å². The lowest BCUT2D eigenvalue weighted by molar-refractivity contribution is -0.133. The van der Waals surface area contributed by atoms with Crippen molar-refractivity contribution in [3.05, 3.63) is 57.9 Å². The van der Waals surface area contributed by atoms with E-state index in [9.17, 15) is 14.4 Å². The Morgan fingerprint density at radius 1 is 1.04 bits per heavy atom. The van der Waals surface area contributed by atoms with Crippen molar-refractivity contribution in [3.8, 4) is 0 Å². The fourth-order valence-electron chi connectivity index (χ4n) is 2.90. The summed E-state index contributed by atoms with van der Waals surface area (Å²) in [5.41, 5.74) is 3.54. The molecule has 1 heterocycles. The third-order valence-electron chi connectivity index (χ3n) is 4.54. The molecule has 28 heavy (non-hydrogen) atoms. The number of H-pyrrole nitrogens is 1. The number of rotatable bonds is 7. The van der Waals surface area contributed by atoms with E-state index in [-0.39, 0.29) is 24.8 Å². The Bertz CT molecular complexity index is 885. The van der Waals surface area contributed by atoms with E-state index < -0.39 is 11.9 Å². The van der Waals surface area contributed by atoms with E-state index in [1.165, 1.54) is 4.90 Å². The van der Waals surface area contributed by atoms with Crippen LogP contribution in [-0.4, -0.2) is 48.0 Å². The third-order valence-corrected chi connectivity index (χ3v) is 4.54. The second-order valence-corrected chi connectivity index (χ2v) is 6.60. The first-order valence-corrected chi connectivity index (χ1v) is 9.08. The van der Waals surface area contributed by atoms with Gasteiger partial charge in [-0.05, 0) is 44.4 Å². The minimum Gasteiger partial charge on any atom is -0.462 e. The van der Waals surface area contributed by atoms with Crippen LogP contribution in [0.15, 0.2) is 24.3 Å². The molecule has 7 nitrogen and oxygen atoms in total. The number of esters is 2. The summed E-state index contributed by atoms with van der Waals surface area (Å²) in [4.78, 5) is 41.1. The summed E-state index contributed by atoms with van der Waals surface area (Å²) in [5, 5.41) is 0. The Balaban J connectivity index is 2.00. The molecule has 0 bridgehead atoms. The van der Waals surface area contributed by atoms with Gasteiger partial charge in [-0.1, -0.05) is 24.3 Å². The molecule has 150 valence electrons. The summed E-state index contributed by atoms with van der Waals surface area (Å²) in [7, 11) is 1.66. The highest BCUT2D eigenvalue weighted by atomic mass is 16.5. The topological polar surface area (TPSA) is 88.7 Å². The van der Waals surface area contributed by atoms with Gasteiger partial charge >= 0.3 is 11.9 Å². The van der Waals surface area contributed by atoms with Crippen LogP contribution in [0, 0.1) is 20.8 Å². The zero-order chi connectivity index (χ0) is 20.8. The molecule has 0 fully saturated rings. The zero-order valence-corrected chi connectivity index (χ0v) is 16.9. The molecule has 7 heteroatoms. The number of carbonyl (C=O) groups is 3. The van der Waals surface area contributed by atoms with E-state index in [1.54, 1.807) is 27.8 Å². The first-order chi connectivity index (χ1) is 13.3. The molecule has 1 aromatic carbocycles. The molecule has 0 radical (unpaired) electrons. The SMILES string of the molecule is CCOC(=O)c1c(C)[nH]c(C(=O)OCC(=O)N(C)Cc2ccccc2C)c1C. The Morgan fingerprint density at radius 3 is 2.36 bits per heavy atom. The van der Waals surface area contributed by atoms with E-state index in [4.69, 9.17) is 9.47 Å². The van der Waals surface area contributed by atoms with Gasteiger partial charge in [0.05, 0.1) is 12.2 Å². The van der Waals surface area contributed by atoms with Crippen LogP contribution >= 0.6 is 0 Å². The average Bonchev–Trinajstić information content (AvgIpc) is 2.95. The van der Waals surface area contributed by atoms with Crippen LogP contribution in [0.3, 0.4) is 0 Å². The number of hydrogen-bond donors (Lipinski definition) is 1. The van der Waals surface area contributed by atoms with Crippen LogP contribution in [0.4, 0.5) is 0 Å². The lowest BCUT2D eigenvalue weighted by atomic mass is 10.1. The number of hydrogen-bond acceptors (Lipinski definition) is 5. The van der Waals surface area contributed by atoms with Crippen molar-refractivity contribution >= 4 is 17.8 Å². The number of benzene rings is 1. The van der Waals surface area contributed by atoms with Crippen LogP contribution < -0.4 is 0 Å². The summed E-state index contributed by atoms with van der Waals surface area (Å²) < 4.78 is 10.2. The molecule has 0 aliphatic rings. The number of aromatic amines is 1. The minimum absolute atomic E-state index is 0.148. The number of aromatic nitrogens is 1. The van der Waals surface area contributed by atoms with Crippen molar-refractivity contribution in [1.29, 1.82) is 0 Å². The standard InChI is InChI=1S/C21H26N2O5/c1-6-27-20(25)18-14(3)19(22-15(18)4)21(26)28-12-17(24)23(5)11-16-10-8-7-9-13(16)2/h7-10,22H,6,11-12H2,1-5H3. The molecular formula is C21H26N2O5. The third kappa shape index (κ3) is 4.79. The number of ether oxygens (including phenoxy) is 2. The Kier molecular flexibility index (Phi) is 6.98. The Morgan fingerprint density at radius 2 is 1.71 bits per heavy atom. The number of likely N-dealkylation sites (N-methyl/N-ethyl adjacent to an activating group) is 1. The summed E-state index contributed by atoms with van der Waals surface area (Å²) in [6.45, 7) is 7.29.